The standard InChI is InChI=1S/C18H23NO5/c1-18(21,11-14-5-4-8-24-14)12-19-17(20)10-13-6-7-15(22-2)16(9-13)23-3/h4-9,21H,10-12H2,1-3H3,(H,19,20)/t18-/m1/s1. The molecule has 6 nitrogen and oxygen atoms in total. The molecule has 6 heteroatoms. The molecule has 0 saturated carbocycles. The molecule has 1 atom stereocenters. The predicted octanol–water partition coefficient (Wildman–Crippen LogP) is 1.95. The minimum atomic E-state index is -1.08. The molecule has 0 aliphatic carbocycles. The van der Waals surface area contributed by atoms with Crippen molar-refractivity contribution in [3.63, 3.8) is 0 Å². The first-order valence-corrected chi connectivity index (χ1v) is 7.66. The summed E-state index contributed by atoms with van der Waals surface area (Å²) in [7, 11) is 3.11. The summed E-state index contributed by atoms with van der Waals surface area (Å²) >= 11 is 0. The van der Waals surface area contributed by atoms with E-state index in [4.69, 9.17) is 13.9 Å². The third-order valence-corrected chi connectivity index (χ3v) is 3.61. The van der Waals surface area contributed by atoms with E-state index in [1.165, 1.54) is 0 Å². The molecule has 1 aromatic heterocycles. The fourth-order valence-electron chi connectivity index (χ4n) is 2.38. The molecule has 0 aliphatic rings. The summed E-state index contributed by atoms with van der Waals surface area (Å²) in [4.78, 5) is 12.1. The van der Waals surface area contributed by atoms with E-state index in [1.807, 2.05) is 6.07 Å². The van der Waals surface area contributed by atoms with Crippen LogP contribution in [0.3, 0.4) is 0 Å². The Morgan fingerprint density at radius 1 is 1.25 bits per heavy atom. The van der Waals surface area contributed by atoms with Gasteiger partial charge in [0.25, 0.3) is 0 Å². The van der Waals surface area contributed by atoms with Gasteiger partial charge >= 0.3 is 0 Å². The summed E-state index contributed by atoms with van der Waals surface area (Å²) < 4.78 is 15.6. The molecule has 0 aliphatic heterocycles. The lowest BCUT2D eigenvalue weighted by Crippen LogP contribution is -2.42. The Kier molecular flexibility index (Phi) is 5.87. The molecule has 0 fully saturated rings. The molecule has 1 aromatic carbocycles. The molecule has 24 heavy (non-hydrogen) atoms. The van der Waals surface area contributed by atoms with Gasteiger partial charge < -0.3 is 24.3 Å². The number of rotatable bonds is 8. The normalized spacial score (nSPS) is 13.2. The first-order valence-electron chi connectivity index (χ1n) is 7.66. The smallest absolute Gasteiger partial charge is 0.224 e. The maximum Gasteiger partial charge on any atom is 0.224 e. The number of amides is 1. The van der Waals surface area contributed by atoms with Crippen LogP contribution in [0.5, 0.6) is 11.5 Å². The zero-order valence-electron chi connectivity index (χ0n) is 14.2. The maximum atomic E-state index is 12.1. The molecule has 2 rings (SSSR count). The van der Waals surface area contributed by atoms with Gasteiger partial charge in [-0.05, 0) is 36.8 Å². The van der Waals surface area contributed by atoms with Gasteiger partial charge in [0, 0.05) is 13.0 Å². The van der Waals surface area contributed by atoms with Gasteiger partial charge in [-0.2, -0.15) is 0 Å². The Morgan fingerprint density at radius 3 is 2.62 bits per heavy atom. The second-order valence-electron chi connectivity index (χ2n) is 5.90. The fourth-order valence-corrected chi connectivity index (χ4v) is 2.38. The molecule has 2 N–H and O–H groups in total. The highest BCUT2D eigenvalue weighted by Gasteiger charge is 2.23. The summed E-state index contributed by atoms with van der Waals surface area (Å²) in [6.45, 7) is 1.80. The third kappa shape index (κ3) is 5.03. The number of hydrogen-bond acceptors (Lipinski definition) is 5. The molecular formula is C18H23NO5. The molecule has 0 saturated heterocycles. The summed E-state index contributed by atoms with van der Waals surface area (Å²) in [5.74, 6) is 1.69. The fraction of sp³-hybridized carbons (Fsp3) is 0.389. The van der Waals surface area contributed by atoms with Crippen LogP contribution in [0.1, 0.15) is 18.2 Å². The molecule has 1 heterocycles. The van der Waals surface area contributed by atoms with Gasteiger partial charge in [0.1, 0.15) is 5.76 Å². The summed E-state index contributed by atoms with van der Waals surface area (Å²) in [6, 6.07) is 8.89. The van der Waals surface area contributed by atoms with Crippen LogP contribution >= 0.6 is 0 Å². The van der Waals surface area contributed by atoms with Crippen LogP contribution in [0, 0.1) is 0 Å². The number of methoxy groups -OCH3 is 2. The van der Waals surface area contributed by atoms with Crippen molar-refractivity contribution in [3.8, 4) is 11.5 Å². The third-order valence-electron chi connectivity index (χ3n) is 3.61. The summed E-state index contributed by atoms with van der Waals surface area (Å²) in [5.41, 5.74) is -0.277. The second kappa shape index (κ2) is 7.88. The highest BCUT2D eigenvalue weighted by atomic mass is 16.5. The SMILES string of the molecule is COc1ccc(CC(=O)NC[C@](C)(O)Cc2ccco2)cc1OC. The monoisotopic (exact) mass is 333 g/mol. The molecule has 0 unspecified atom stereocenters. The number of aliphatic hydroxyl groups is 1. The molecule has 1 amide bonds. The number of ether oxygens (including phenoxy) is 2. The molecule has 2 aromatic rings. The average Bonchev–Trinajstić information content (AvgIpc) is 3.05. The lowest BCUT2D eigenvalue weighted by Gasteiger charge is -2.22. The zero-order chi connectivity index (χ0) is 17.6. The van der Waals surface area contributed by atoms with E-state index in [-0.39, 0.29) is 18.9 Å². The molecule has 0 radical (unpaired) electrons. The first kappa shape index (κ1) is 17.9. The Hall–Kier alpha value is -2.47. The van der Waals surface area contributed by atoms with Crippen LogP contribution < -0.4 is 14.8 Å². The molecule has 0 bridgehead atoms. The Bertz CT molecular complexity index is 664. The van der Waals surface area contributed by atoms with Crippen LogP contribution in [0.25, 0.3) is 0 Å². The van der Waals surface area contributed by atoms with Crippen molar-refractivity contribution in [1.82, 2.24) is 5.32 Å². The number of carbonyl (C=O) groups excluding carboxylic acids is 1. The van der Waals surface area contributed by atoms with Crippen molar-refractivity contribution in [2.24, 2.45) is 0 Å². The molecular weight excluding hydrogens is 310 g/mol. The van der Waals surface area contributed by atoms with Crippen molar-refractivity contribution in [3.05, 3.63) is 47.9 Å². The zero-order valence-corrected chi connectivity index (χ0v) is 14.2. The van der Waals surface area contributed by atoms with E-state index in [2.05, 4.69) is 5.32 Å². The number of benzene rings is 1. The number of carbonyl (C=O) groups is 1. The predicted molar refractivity (Wildman–Crippen MR) is 89.3 cm³/mol. The number of nitrogens with one attached hydrogen (secondary N) is 1. The summed E-state index contributed by atoms with van der Waals surface area (Å²) in [6.07, 6.45) is 2.08. The van der Waals surface area contributed by atoms with E-state index >= 15 is 0 Å². The Labute approximate surface area is 141 Å². The quantitative estimate of drug-likeness (QED) is 0.772. The van der Waals surface area contributed by atoms with Gasteiger partial charge in [-0.3, -0.25) is 4.79 Å². The number of furan rings is 1. The van der Waals surface area contributed by atoms with E-state index < -0.39 is 5.60 Å². The van der Waals surface area contributed by atoms with Crippen LogP contribution in [0.2, 0.25) is 0 Å². The van der Waals surface area contributed by atoms with E-state index in [0.717, 1.165) is 5.56 Å². The maximum absolute atomic E-state index is 12.1. The van der Waals surface area contributed by atoms with Crippen molar-refractivity contribution in [2.75, 3.05) is 20.8 Å². The van der Waals surface area contributed by atoms with Crippen LogP contribution in [-0.2, 0) is 17.6 Å². The van der Waals surface area contributed by atoms with E-state index in [9.17, 15) is 9.90 Å². The lowest BCUT2D eigenvalue weighted by atomic mass is 10.0. The summed E-state index contributed by atoms with van der Waals surface area (Å²) in [5, 5.41) is 13.1. The minimum absolute atomic E-state index is 0.139. The second-order valence-corrected chi connectivity index (χ2v) is 5.90. The van der Waals surface area contributed by atoms with Crippen molar-refractivity contribution >= 4 is 5.91 Å². The highest BCUT2D eigenvalue weighted by Crippen LogP contribution is 2.27. The van der Waals surface area contributed by atoms with Crippen LogP contribution in [0.15, 0.2) is 41.0 Å². The molecule has 0 spiro atoms. The number of hydrogen-bond donors (Lipinski definition) is 2. The minimum Gasteiger partial charge on any atom is -0.493 e. The average molecular weight is 333 g/mol. The Balaban J connectivity index is 1.89. The van der Waals surface area contributed by atoms with Gasteiger partial charge in [0.2, 0.25) is 5.91 Å². The lowest BCUT2D eigenvalue weighted by molar-refractivity contribution is -0.121. The van der Waals surface area contributed by atoms with E-state index in [1.54, 1.807) is 51.7 Å². The van der Waals surface area contributed by atoms with Gasteiger partial charge in [0.15, 0.2) is 11.5 Å². The van der Waals surface area contributed by atoms with Gasteiger partial charge in [-0.15, -0.1) is 0 Å². The molecule has 130 valence electrons. The van der Waals surface area contributed by atoms with Gasteiger partial charge in [-0.1, -0.05) is 6.07 Å². The largest absolute Gasteiger partial charge is 0.493 e. The topological polar surface area (TPSA) is 80.9 Å². The van der Waals surface area contributed by atoms with Crippen LogP contribution in [0.4, 0.5) is 0 Å². The van der Waals surface area contributed by atoms with Gasteiger partial charge in [-0.25, -0.2) is 0 Å². The van der Waals surface area contributed by atoms with Gasteiger partial charge in [0.05, 0.1) is 32.5 Å². The van der Waals surface area contributed by atoms with Crippen molar-refractivity contribution in [1.29, 1.82) is 0 Å². The Morgan fingerprint density at radius 2 is 2.00 bits per heavy atom. The van der Waals surface area contributed by atoms with Crippen molar-refractivity contribution in [2.45, 2.75) is 25.4 Å². The van der Waals surface area contributed by atoms with Crippen LogP contribution in [-0.4, -0.2) is 37.4 Å². The van der Waals surface area contributed by atoms with E-state index in [0.29, 0.717) is 23.7 Å². The highest BCUT2D eigenvalue weighted by molar-refractivity contribution is 5.78. The van der Waals surface area contributed by atoms with Crippen molar-refractivity contribution < 1.29 is 23.8 Å². The first-order chi connectivity index (χ1) is 11.4.